The van der Waals surface area contributed by atoms with Crippen molar-refractivity contribution in [3.8, 4) is 11.5 Å². The molecule has 25 heavy (non-hydrogen) atoms. The van der Waals surface area contributed by atoms with Gasteiger partial charge in [0.2, 0.25) is 5.90 Å². The molecule has 128 valence electrons. The Balaban J connectivity index is 2.00. The highest BCUT2D eigenvalue weighted by Crippen LogP contribution is 2.27. The number of carbonyl (C=O) groups excluding carboxylic acids is 1. The quantitative estimate of drug-likeness (QED) is 0.631. The molecule has 0 saturated carbocycles. The van der Waals surface area contributed by atoms with E-state index in [0.29, 0.717) is 17.1 Å². The Morgan fingerprint density at radius 1 is 1.00 bits per heavy atom. The third kappa shape index (κ3) is 3.55. The second-order valence-corrected chi connectivity index (χ2v) is 5.80. The first-order valence-corrected chi connectivity index (χ1v) is 7.83. The van der Waals surface area contributed by atoms with Gasteiger partial charge in [0.25, 0.3) is 0 Å². The van der Waals surface area contributed by atoms with Crippen LogP contribution in [-0.2, 0) is 9.53 Å². The molecule has 0 bridgehead atoms. The average Bonchev–Trinajstić information content (AvgIpc) is 2.98. The number of nitrogens with zero attached hydrogens (tertiary/aromatic N) is 1. The van der Waals surface area contributed by atoms with Crippen LogP contribution in [0.3, 0.4) is 0 Å². The predicted octanol–water partition coefficient (Wildman–Crippen LogP) is 3.67. The van der Waals surface area contributed by atoms with Crippen molar-refractivity contribution in [3.05, 3.63) is 64.3 Å². The van der Waals surface area contributed by atoms with E-state index in [1.165, 1.54) is 0 Å². The summed E-state index contributed by atoms with van der Waals surface area (Å²) in [5, 5.41) is 0. The summed E-state index contributed by atoms with van der Waals surface area (Å²) in [7, 11) is 3.12. The zero-order valence-corrected chi connectivity index (χ0v) is 14.6. The highest BCUT2D eigenvalue weighted by atomic mass is 16.6. The van der Waals surface area contributed by atoms with Gasteiger partial charge in [-0.1, -0.05) is 23.8 Å². The highest BCUT2D eigenvalue weighted by Gasteiger charge is 2.25. The molecule has 0 aliphatic carbocycles. The normalized spacial score (nSPS) is 15.1. The Hall–Kier alpha value is -3.08. The molecule has 3 rings (SSSR count). The van der Waals surface area contributed by atoms with Crippen molar-refractivity contribution in [2.75, 3.05) is 14.2 Å². The molecule has 1 aliphatic rings. The molecule has 0 saturated heterocycles. The topological polar surface area (TPSA) is 57.1 Å². The van der Waals surface area contributed by atoms with E-state index >= 15 is 0 Å². The fourth-order valence-corrected chi connectivity index (χ4v) is 2.53. The number of aliphatic imine (C=N–C) groups is 1. The summed E-state index contributed by atoms with van der Waals surface area (Å²) in [6, 6.07) is 11.3. The minimum Gasteiger partial charge on any atom is -0.497 e. The van der Waals surface area contributed by atoms with E-state index in [1.54, 1.807) is 38.5 Å². The van der Waals surface area contributed by atoms with Crippen LogP contribution in [0, 0.1) is 13.8 Å². The Kier molecular flexibility index (Phi) is 4.57. The second-order valence-electron chi connectivity index (χ2n) is 5.80. The van der Waals surface area contributed by atoms with Crippen LogP contribution in [0.2, 0.25) is 0 Å². The number of aryl methyl sites for hydroxylation is 2. The lowest BCUT2D eigenvalue weighted by Gasteiger charge is -2.07. The molecule has 0 aromatic heterocycles. The molecule has 0 unspecified atom stereocenters. The van der Waals surface area contributed by atoms with E-state index in [4.69, 9.17) is 14.2 Å². The lowest BCUT2D eigenvalue weighted by Crippen LogP contribution is -2.06. The Morgan fingerprint density at radius 3 is 2.32 bits per heavy atom. The van der Waals surface area contributed by atoms with Crippen LogP contribution >= 0.6 is 0 Å². The minimum absolute atomic E-state index is 0.235. The summed E-state index contributed by atoms with van der Waals surface area (Å²) in [5.74, 6) is 0.955. The van der Waals surface area contributed by atoms with E-state index in [0.717, 1.165) is 16.7 Å². The van der Waals surface area contributed by atoms with E-state index in [2.05, 4.69) is 4.99 Å². The van der Waals surface area contributed by atoms with Gasteiger partial charge in [-0.15, -0.1) is 0 Å². The largest absolute Gasteiger partial charge is 0.497 e. The van der Waals surface area contributed by atoms with Gasteiger partial charge in [-0.2, -0.15) is 0 Å². The Labute approximate surface area is 146 Å². The molecule has 2 aromatic rings. The smallest absolute Gasteiger partial charge is 0.363 e. The maximum atomic E-state index is 12.2. The minimum atomic E-state index is -0.474. The summed E-state index contributed by atoms with van der Waals surface area (Å²) in [6.07, 6.45) is 1.75. The molecule has 5 nitrogen and oxygen atoms in total. The molecule has 1 heterocycles. The zero-order valence-electron chi connectivity index (χ0n) is 14.6. The monoisotopic (exact) mass is 337 g/mol. The SMILES string of the molecule is COc1cc(OC)cc(C2=N/C(=C\c3cc(C)ccc3C)C(=O)O2)c1. The number of rotatable bonds is 4. The number of hydrogen-bond donors (Lipinski definition) is 0. The summed E-state index contributed by atoms with van der Waals surface area (Å²) in [6.45, 7) is 4.00. The van der Waals surface area contributed by atoms with Gasteiger partial charge in [0, 0.05) is 11.6 Å². The molecule has 0 radical (unpaired) electrons. The van der Waals surface area contributed by atoms with E-state index in [1.807, 2.05) is 32.0 Å². The van der Waals surface area contributed by atoms with E-state index in [-0.39, 0.29) is 11.6 Å². The van der Waals surface area contributed by atoms with Crippen LogP contribution in [0.1, 0.15) is 22.3 Å². The first kappa shape index (κ1) is 16.8. The third-order valence-corrected chi connectivity index (χ3v) is 3.95. The highest BCUT2D eigenvalue weighted by molar-refractivity contribution is 6.13. The van der Waals surface area contributed by atoms with Crippen LogP contribution < -0.4 is 9.47 Å². The van der Waals surface area contributed by atoms with Gasteiger partial charge in [-0.05, 0) is 43.2 Å². The van der Waals surface area contributed by atoms with Crippen molar-refractivity contribution in [2.45, 2.75) is 13.8 Å². The lowest BCUT2D eigenvalue weighted by molar-refractivity contribution is -0.129. The van der Waals surface area contributed by atoms with Gasteiger partial charge in [0.05, 0.1) is 14.2 Å². The van der Waals surface area contributed by atoms with Gasteiger partial charge >= 0.3 is 5.97 Å². The average molecular weight is 337 g/mol. The fourth-order valence-electron chi connectivity index (χ4n) is 2.53. The van der Waals surface area contributed by atoms with E-state index in [9.17, 15) is 4.79 Å². The van der Waals surface area contributed by atoms with Crippen molar-refractivity contribution in [1.82, 2.24) is 0 Å². The molecule has 0 fully saturated rings. The molecule has 2 aromatic carbocycles. The van der Waals surface area contributed by atoms with Gasteiger partial charge in [0.15, 0.2) is 5.70 Å². The lowest BCUT2D eigenvalue weighted by atomic mass is 10.0. The van der Waals surface area contributed by atoms with Gasteiger partial charge < -0.3 is 14.2 Å². The number of benzene rings is 2. The molecule has 5 heteroatoms. The molecule has 0 atom stereocenters. The number of hydrogen-bond acceptors (Lipinski definition) is 5. The van der Waals surface area contributed by atoms with Gasteiger partial charge in [-0.3, -0.25) is 0 Å². The van der Waals surface area contributed by atoms with Crippen molar-refractivity contribution in [1.29, 1.82) is 0 Å². The van der Waals surface area contributed by atoms with Crippen LogP contribution in [0.15, 0.2) is 47.1 Å². The van der Waals surface area contributed by atoms with Crippen LogP contribution in [0.4, 0.5) is 0 Å². The first-order chi connectivity index (χ1) is 12.0. The number of cyclic esters (lactones) is 1. The Bertz CT molecular complexity index is 874. The molecular weight excluding hydrogens is 318 g/mol. The summed E-state index contributed by atoms with van der Waals surface area (Å²) in [4.78, 5) is 16.6. The fraction of sp³-hybridized carbons (Fsp3) is 0.200. The van der Waals surface area contributed by atoms with E-state index < -0.39 is 5.97 Å². The molecule has 0 spiro atoms. The predicted molar refractivity (Wildman–Crippen MR) is 96.1 cm³/mol. The Morgan fingerprint density at radius 2 is 1.68 bits per heavy atom. The maximum absolute atomic E-state index is 12.2. The van der Waals surface area contributed by atoms with Crippen molar-refractivity contribution in [2.24, 2.45) is 4.99 Å². The van der Waals surface area contributed by atoms with Crippen molar-refractivity contribution in [3.63, 3.8) is 0 Å². The standard InChI is InChI=1S/C20H19NO4/c1-12-5-6-13(2)14(7-12)10-18-20(22)25-19(21-18)15-8-16(23-3)11-17(9-15)24-4/h5-11H,1-4H3/b18-10-. The summed E-state index contributed by atoms with van der Waals surface area (Å²) in [5.41, 5.74) is 4.02. The van der Waals surface area contributed by atoms with Crippen molar-refractivity contribution < 1.29 is 19.0 Å². The molecule has 0 N–H and O–H groups in total. The number of ether oxygens (including phenoxy) is 3. The van der Waals surface area contributed by atoms with Crippen LogP contribution in [0.25, 0.3) is 6.08 Å². The third-order valence-electron chi connectivity index (χ3n) is 3.95. The van der Waals surface area contributed by atoms with Gasteiger partial charge in [-0.25, -0.2) is 9.79 Å². The van der Waals surface area contributed by atoms with Gasteiger partial charge in [0.1, 0.15) is 11.5 Å². The second kappa shape index (κ2) is 6.81. The number of methoxy groups -OCH3 is 2. The summed E-state index contributed by atoms with van der Waals surface area (Å²) >= 11 is 0. The number of esters is 1. The molecule has 0 amide bonds. The zero-order chi connectivity index (χ0) is 18.0. The summed E-state index contributed by atoms with van der Waals surface area (Å²) < 4.78 is 15.8. The first-order valence-electron chi connectivity index (χ1n) is 7.83. The number of carbonyl (C=O) groups is 1. The van der Waals surface area contributed by atoms with Crippen LogP contribution in [0.5, 0.6) is 11.5 Å². The van der Waals surface area contributed by atoms with Crippen LogP contribution in [-0.4, -0.2) is 26.1 Å². The molecular formula is C20H19NO4. The van der Waals surface area contributed by atoms with Crippen molar-refractivity contribution >= 4 is 17.9 Å². The molecule has 1 aliphatic heterocycles. The maximum Gasteiger partial charge on any atom is 0.363 e.